The number of benzene rings is 1. The van der Waals surface area contributed by atoms with Crippen molar-refractivity contribution in [2.24, 2.45) is 5.92 Å². The lowest BCUT2D eigenvalue weighted by Crippen LogP contribution is -2.46. The smallest absolute Gasteiger partial charge is 0.348 e. The van der Waals surface area contributed by atoms with Gasteiger partial charge in [-0.2, -0.15) is 18.2 Å². The van der Waals surface area contributed by atoms with Crippen molar-refractivity contribution in [3.05, 3.63) is 35.5 Å². The molecule has 0 unspecified atom stereocenters. The SMILES string of the molecule is CCN(CC)C[C@H](NC(=O)c1ccc(-c2noc(C(F)(F)F)n2)cc1F)C(C)C. The Bertz CT molecular complexity index is 832. The van der Waals surface area contributed by atoms with Crippen LogP contribution in [-0.4, -0.2) is 46.6 Å². The zero-order valence-corrected chi connectivity index (χ0v) is 16.7. The third-order valence-corrected chi connectivity index (χ3v) is 4.61. The molecule has 1 aromatic carbocycles. The molecule has 0 aliphatic rings. The zero-order valence-electron chi connectivity index (χ0n) is 16.7. The van der Waals surface area contributed by atoms with Crippen molar-refractivity contribution in [3.8, 4) is 11.4 Å². The molecule has 0 saturated heterocycles. The van der Waals surface area contributed by atoms with Crippen molar-refractivity contribution in [1.29, 1.82) is 0 Å². The van der Waals surface area contributed by atoms with Crippen molar-refractivity contribution < 1.29 is 26.9 Å². The van der Waals surface area contributed by atoms with E-state index in [2.05, 4.69) is 24.9 Å². The minimum Gasteiger partial charge on any atom is -0.348 e. The fourth-order valence-electron chi connectivity index (χ4n) is 2.72. The summed E-state index contributed by atoms with van der Waals surface area (Å²) in [6.45, 7) is 10.2. The maximum Gasteiger partial charge on any atom is 0.471 e. The van der Waals surface area contributed by atoms with Crippen LogP contribution in [0, 0.1) is 11.7 Å². The number of carbonyl (C=O) groups is 1. The predicted molar refractivity (Wildman–Crippen MR) is 98.6 cm³/mol. The van der Waals surface area contributed by atoms with E-state index in [9.17, 15) is 22.4 Å². The van der Waals surface area contributed by atoms with Gasteiger partial charge in [0.15, 0.2) is 0 Å². The Balaban J connectivity index is 2.18. The van der Waals surface area contributed by atoms with Gasteiger partial charge in [0.05, 0.1) is 5.56 Å². The molecule has 0 saturated carbocycles. The number of hydrogen-bond acceptors (Lipinski definition) is 5. The summed E-state index contributed by atoms with van der Waals surface area (Å²) in [5, 5.41) is 6.05. The van der Waals surface area contributed by atoms with Gasteiger partial charge < -0.3 is 14.7 Å². The van der Waals surface area contributed by atoms with Crippen molar-refractivity contribution in [2.45, 2.75) is 39.9 Å². The molecule has 29 heavy (non-hydrogen) atoms. The largest absolute Gasteiger partial charge is 0.471 e. The molecule has 1 N–H and O–H groups in total. The van der Waals surface area contributed by atoms with E-state index in [-0.39, 0.29) is 23.1 Å². The van der Waals surface area contributed by atoms with E-state index >= 15 is 0 Å². The standard InChI is InChI=1S/C19H24F4N4O2/c1-5-27(6-2)10-15(11(3)4)24-17(28)13-8-7-12(9-14(13)20)16-25-18(29-26-16)19(21,22)23/h7-9,11,15H,5-6,10H2,1-4H3,(H,24,28)/t15-/m0/s1. The number of nitrogens with one attached hydrogen (secondary N) is 1. The summed E-state index contributed by atoms with van der Waals surface area (Å²) in [6.07, 6.45) is -4.79. The Hall–Kier alpha value is -2.49. The normalized spacial score (nSPS) is 13.2. The van der Waals surface area contributed by atoms with Gasteiger partial charge in [0, 0.05) is 18.2 Å². The highest BCUT2D eigenvalue weighted by atomic mass is 19.4. The van der Waals surface area contributed by atoms with Gasteiger partial charge in [-0.15, -0.1) is 0 Å². The molecular weight excluding hydrogens is 392 g/mol. The van der Waals surface area contributed by atoms with Crippen LogP contribution < -0.4 is 5.32 Å². The third-order valence-electron chi connectivity index (χ3n) is 4.61. The Morgan fingerprint density at radius 1 is 1.24 bits per heavy atom. The quantitative estimate of drug-likeness (QED) is 0.659. The van der Waals surface area contributed by atoms with Gasteiger partial charge in [-0.1, -0.05) is 38.9 Å². The van der Waals surface area contributed by atoms with E-state index in [0.29, 0.717) is 6.54 Å². The second-order valence-electron chi connectivity index (χ2n) is 6.93. The topological polar surface area (TPSA) is 71.3 Å². The molecule has 2 rings (SSSR count). The summed E-state index contributed by atoms with van der Waals surface area (Å²) in [5.41, 5.74) is -0.236. The maximum absolute atomic E-state index is 14.5. The Kier molecular flexibility index (Phi) is 7.34. The van der Waals surface area contributed by atoms with Gasteiger partial charge in [-0.3, -0.25) is 4.79 Å². The molecule has 1 aromatic heterocycles. The van der Waals surface area contributed by atoms with Crippen LogP contribution in [0.5, 0.6) is 0 Å². The molecule has 160 valence electrons. The highest BCUT2D eigenvalue weighted by Gasteiger charge is 2.38. The molecule has 0 radical (unpaired) electrons. The van der Waals surface area contributed by atoms with Crippen LogP contribution in [0.4, 0.5) is 17.6 Å². The maximum atomic E-state index is 14.5. The van der Waals surface area contributed by atoms with Crippen LogP contribution in [0.3, 0.4) is 0 Å². The number of rotatable bonds is 8. The molecule has 1 heterocycles. The lowest BCUT2D eigenvalue weighted by atomic mass is 10.0. The molecule has 0 aliphatic carbocycles. The highest BCUT2D eigenvalue weighted by Crippen LogP contribution is 2.29. The summed E-state index contributed by atoms with van der Waals surface area (Å²) in [5.74, 6) is -3.29. The molecule has 1 atom stereocenters. The Morgan fingerprint density at radius 3 is 2.38 bits per heavy atom. The van der Waals surface area contributed by atoms with Crippen LogP contribution in [0.25, 0.3) is 11.4 Å². The first kappa shape index (κ1) is 22.8. The van der Waals surface area contributed by atoms with E-state index in [1.54, 1.807) is 0 Å². The minimum absolute atomic E-state index is 0.0261. The van der Waals surface area contributed by atoms with E-state index in [0.717, 1.165) is 19.2 Å². The van der Waals surface area contributed by atoms with E-state index in [4.69, 9.17) is 0 Å². The van der Waals surface area contributed by atoms with Crippen molar-refractivity contribution in [2.75, 3.05) is 19.6 Å². The first-order valence-electron chi connectivity index (χ1n) is 9.30. The molecule has 6 nitrogen and oxygen atoms in total. The summed E-state index contributed by atoms with van der Waals surface area (Å²) in [7, 11) is 0. The number of amides is 1. The van der Waals surface area contributed by atoms with Gasteiger partial charge in [0.1, 0.15) is 5.82 Å². The first-order chi connectivity index (χ1) is 13.6. The second-order valence-corrected chi connectivity index (χ2v) is 6.93. The van der Waals surface area contributed by atoms with Crippen molar-refractivity contribution in [3.63, 3.8) is 0 Å². The molecule has 2 aromatic rings. The number of alkyl halides is 3. The lowest BCUT2D eigenvalue weighted by Gasteiger charge is -2.28. The molecule has 10 heteroatoms. The summed E-state index contributed by atoms with van der Waals surface area (Å²) >= 11 is 0. The monoisotopic (exact) mass is 416 g/mol. The van der Waals surface area contributed by atoms with E-state index in [1.807, 2.05) is 27.7 Å². The van der Waals surface area contributed by atoms with Gasteiger partial charge in [-0.05, 0) is 31.1 Å². The number of carbonyl (C=O) groups excluding carboxylic acids is 1. The predicted octanol–water partition coefficient (Wildman–Crippen LogP) is 3.99. The fraction of sp³-hybridized carbons (Fsp3) is 0.526. The molecule has 0 fully saturated rings. The minimum atomic E-state index is -4.79. The van der Waals surface area contributed by atoms with Crippen molar-refractivity contribution in [1.82, 2.24) is 20.4 Å². The van der Waals surface area contributed by atoms with Crippen molar-refractivity contribution >= 4 is 5.91 Å². The number of nitrogens with zero attached hydrogens (tertiary/aromatic N) is 3. The Morgan fingerprint density at radius 2 is 1.90 bits per heavy atom. The first-order valence-corrected chi connectivity index (χ1v) is 9.30. The fourth-order valence-corrected chi connectivity index (χ4v) is 2.72. The van der Waals surface area contributed by atoms with Gasteiger partial charge in [0.2, 0.25) is 5.82 Å². The van der Waals surface area contributed by atoms with Crippen LogP contribution in [-0.2, 0) is 6.18 Å². The highest BCUT2D eigenvalue weighted by molar-refractivity contribution is 5.95. The summed E-state index contributed by atoms with van der Waals surface area (Å²) < 4.78 is 56.3. The summed E-state index contributed by atoms with van der Waals surface area (Å²) in [4.78, 5) is 17.9. The third kappa shape index (κ3) is 5.75. The van der Waals surface area contributed by atoms with Crippen LogP contribution >= 0.6 is 0 Å². The van der Waals surface area contributed by atoms with Gasteiger partial charge in [-0.25, -0.2) is 4.39 Å². The van der Waals surface area contributed by atoms with Crippen LogP contribution in [0.1, 0.15) is 43.9 Å². The van der Waals surface area contributed by atoms with Crippen LogP contribution in [0.15, 0.2) is 22.7 Å². The van der Waals surface area contributed by atoms with E-state index < -0.39 is 29.6 Å². The number of aromatic nitrogens is 2. The lowest BCUT2D eigenvalue weighted by molar-refractivity contribution is -0.159. The number of hydrogen-bond donors (Lipinski definition) is 1. The average molecular weight is 416 g/mol. The molecule has 0 spiro atoms. The summed E-state index contributed by atoms with van der Waals surface area (Å²) in [6, 6.07) is 3.19. The van der Waals surface area contributed by atoms with Gasteiger partial charge in [0.25, 0.3) is 5.91 Å². The second kappa shape index (κ2) is 9.34. The van der Waals surface area contributed by atoms with E-state index in [1.165, 1.54) is 12.1 Å². The zero-order chi connectivity index (χ0) is 21.8. The average Bonchev–Trinajstić information content (AvgIpc) is 3.15. The van der Waals surface area contributed by atoms with Gasteiger partial charge >= 0.3 is 12.1 Å². The number of halogens is 4. The van der Waals surface area contributed by atoms with Crippen LogP contribution in [0.2, 0.25) is 0 Å². The number of likely N-dealkylation sites (N-methyl/N-ethyl adjacent to an activating group) is 1. The molecular formula is C19H24F4N4O2. The molecule has 1 amide bonds. The molecule has 0 bridgehead atoms. The Labute approximate surface area is 166 Å². The molecule has 0 aliphatic heterocycles.